The van der Waals surface area contributed by atoms with Gasteiger partial charge in [-0.3, -0.25) is 0 Å². The molecule has 3 aromatic rings. The van der Waals surface area contributed by atoms with Crippen molar-refractivity contribution in [3.63, 3.8) is 0 Å². The van der Waals surface area contributed by atoms with Crippen LogP contribution >= 0.6 is 15.9 Å². The van der Waals surface area contributed by atoms with Crippen molar-refractivity contribution in [2.24, 2.45) is 7.05 Å². The molecule has 2 N–H and O–H groups in total. The molecule has 0 aliphatic rings. The van der Waals surface area contributed by atoms with Crippen LogP contribution in [0.15, 0.2) is 39.4 Å². The van der Waals surface area contributed by atoms with Crippen LogP contribution in [-0.2, 0) is 7.05 Å². The summed E-state index contributed by atoms with van der Waals surface area (Å²) in [5, 5.41) is 0. The molecule has 0 radical (unpaired) electrons. The maximum Gasteiger partial charge on any atom is 0.177 e. The quantitative estimate of drug-likeness (QED) is 0.701. The number of hydrogen-bond donors (Lipinski definition) is 1. The minimum Gasteiger partial charge on any atom is -0.446 e. The van der Waals surface area contributed by atoms with Gasteiger partial charge in [-0.2, -0.15) is 0 Å². The third-order valence-electron chi connectivity index (χ3n) is 2.70. The predicted octanol–water partition coefficient (Wildman–Crippen LogP) is 3.18. The molecule has 86 valence electrons. The van der Waals surface area contributed by atoms with Crippen molar-refractivity contribution in [3.8, 4) is 11.6 Å². The van der Waals surface area contributed by atoms with Crippen LogP contribution < -0.4 is 5.73 Å². The van der Waals surface area contributed by atoms with Gasteiger partial charge in [-0.15, -0.1) is 0 Å². The van der Waals surface area contributed by atoms with E-state index in [9.17, 15) is 0 Å². The largest absolute Gasteiger partial charge is 0.446 e. The van der Waals surface area contributed by atoms with Crippen LogP contribution in [0.25, 0.3) is 22.6 Å². The monoisotopic (exact) mass is 291 g/mol. The molecule has 0 aliphatic heterocycles. The summed E-state index contributed by atoms with van der Waals surface area (Å²) in [5.41, 5.74) is 8.36. The highest BCUT2D eigenvalue weighted by atomic mass is 79.9. The maximum atomic E-state index is 5.75. The Hall–Kier alpha value is -1.75. The Morgan fingerprint density at radius 2 is 2.12 bits per heavy atom. The minimum absolute atomic E-state index is 0.694. The number of hydrogen-bond acceptors (Lipinski definition) is 3. The number of benzene rings is 1. The van der Waals surface area contributed by atoms with E-state index in [0.29, 0.717) is 10.4 Å². The van der Waals surface area contributed by atoms with Gasteiger partial charge in [0.05, 0.1) is 11.0 Å². The lowest BCUT2D eigenvalue weighted by Gasteiger charge is -1.98. The first-order valence-corrected chi connectivity index (χ1v) is 5.92. The number of nitrogen functional groups attached to an aromatic ring is 1. The van der Waals surface area contributed by atoms with Crippen molar-refractivity contribution < 1.29 is 4.42 Å². The Morgan fingerprint density at radius 1 is 1.29 bits per heavy atom. The highest BCUT2D eigenvalue weighted by Crippen LogP contribution is 2.27. The summed E-state index contributed by atoms with van der Waals surface area (Å²) in [5.74, 6) is 1.52. The average Bonchev–Trinajstić information content (AvgIpc) is 2.83. The molecule has 0 unspecified atom stereocenters. The second kappa shape index (κ2) is 3.63. The van der Waals surface area contributed by atoms with Gasteiger partial charge < -0.3 is 14.7 Å². The average molecular weight is 292 g/mol. The van der Waals surface area contributed by atoms with Crippen LogP contribution in [0.4, 0.5) is 5.69 Å². The molecule has 0 bridgehead atoms. The van der Waals surface area contributed by atoms with E-state index in [4.69, 9.17) is 10.2 Å². The summed E-state index contributed by atoms with van der Waals surface area (Å²) in [6.07, 6.45) is 0. The first-order valence-electron chi connectivity index (χ1n) is 5.13. The fourth-order valence-electron chi connectivity index (χ4n) is 1.87. The van der Waals surface area contributed by atoms with E-state index in [1.807, 2.05) is 41.9 Å². The number of aryl methyl sites for hydroxylation is 1. The second-order valence-electron chi connectivity index (χ2n) is 3.85. The standard InChI is InChI=1S/C12H10BrN3O/c1-16-9-3-2-7(14)6-8(9)15-12(16)10-4-5-11(13)17-10/h2-6H,14H2,1H3. The number of fused-ring (bicyclic) bond motifs is 1. The van der Waals surface area contributed by atoms with E-state index >= 15 is 0 Å². The smallest absolute Gasteiger partial charge is 0.177 e. The first kappa shape index (κ1) is 10.4. The molecule has 0 atom stereocenters. The summed E-state index contributed by atoms with van der Waals surface area (Å²) >= 11 is 3.29. The van der Waals surface area contributed by atoms with E-state index in [0.717, 1.165) is 22.6 Å². The number of furan rings is 1. The molecule has 1 aromatic carbocycles. The lowest BCUT2D eigenvalue weighted by Crippen LogP contribution is -1.91. The lowest BCUT2D eigenvalue weighted by atomic mass is 10.3. The summed E-state index contributed by atoms with van der Waals surface area (Å²) in [4.78, 5) is 4.53. The van der Waals surface area contributed by atoms with Gasteiger partial charge in [-0.1, -0.05) is 0 Å². The highest BCUT2D eigenvalue weighted by Gasteiger charge is 2.12. The van der Waals surface area contributed by atoms with E-state index in [-0.39, 0.29) is 0 Å². The van der Waals surface area contributed by atoms with Gasteiger partial charge in [0.2, 0.25) is 0 Å². The molecule has 5 heteroatoms. The SMILES string of the molecule is Cn1c(-c2ccc(Br)o2)nc2cc(N)ccc21. The number of nitrogens with zero attached hydrogens (tertiary/aromatic N) is 2. The van der Waals surface area contributed by atoms with Crippen molar-refractivity contribution in [2.45, 2.75) is 0 Å². The number of halogens is 1. The Kier molecular flexibility index (Phi) is 2.22. The van der Waals surface area contributed by atoms with Crippen LogP contribution in [0.1, 0.15) is 0 Å². The van der Waals surface area contributed by atoms with Crippen molar-refractivity contribution in [1.82, 2.24) is 9.55 Å². The molecule has 0 aliphatic carbocycles. The first-order chi connectivity index (χ1) is 8.15. The van der Waals surface area contributed by atoms with Gasteiger partial charge in [-0.05, 0) is 46.3 Å². The predicted molar refractivity (Wildman–Crippen MR) is 70.5 cm³/mol. The van der Waals surface area contributed by atoms with Crippen LogP contribution in [0.2, 0.25) is 0 Å². The Balaban J connectivity index is 2.27. The number of nitrogens with two attached hydrogens (primary N) is 1. The summed E-state index contributed by atoms with van der Waals surface area (Å²) in [7, 11) is 1.96. The van der Waals surface area contributed by atoms with Crippen LogP contribution in [0.5, 0.6) is 0 Å². The third-order valence-corrected chi connectivity index (χ3v) is 3.12. The molecular weight excluding hydrogens is 282 g/mol. The molecule has 0 saturated carbocycles. The number of imidazole rings is 1. The van der Waals surface area contributed by atoms with Gasteiger partial charge in [0.25, 0.3) is 0 Å². The topological polar surface area (TPSA) is 57.0 Å². The normalized spacial score (nSPS) is 11.2. The zero-order chi connectivity index (χ0) is 12.0. The van der Waals surface area contributed by atoms with Crippen LogP contribution in [0.3, 0.4) is 0 Å². The minimum atomic E-state index is 0.694. The molecule has 0 saturated heterocycles. The maximum absolute atomic E-state index is 5.75. The molecule has 0 fully saturated rings. The van der Waals surface area contributed by atoms with Crippen molar-refractivity contribution in [3.05, 3.63) is 35.0 Å². The number of rotatable bonds is 1. The highest BCUT2D eigenvalue weighted by molar-refractivity contribution is 9.10. The van der Waals surface area contributed by atoms with Crippen molar-refractivity contribution in [1.29, 1.82) is 0 Å². The molecule has 17 heavy (non-hydrogen) atoms. The van der Waals surface area contributed by atoms with Gasteiger partial charge in [0.1, 0.15) is 0 Å². The summed E-state index contributed by atoms with van der Waals surface area (Å²) in [6.45, 7) is 0. The second-order valence-corrected chi connectivity index (χ2v) is 4.63. The zero-order valence-electron chi connectivity index (χ0n) is 9.14. The fraction of sp³-hybridized carbons (Fsp3) is 0.0833. The molecule has 2 heterocycles. The summed E-state index contributed by atoms with van der Waals surface area (Å²) in [6, 6.07) is 9.42. The Morgan fingerprint density at radius 3 is 2.82 bits per heavy atom. The van der Waals surface area contributed by atoms with E-state index in [1.54, 1.807) is 0 Å². The van der Waals surface area contributed by atoms with Gasteiger partial charge in [-0.25, -0.2) is 4.98 Å². The van der Waals surface area contributed by atoms with Crippen molar-refractivity contribution >= 4 is 32.7 Å². The van der Waals surface area contributed by atoms with Crippen LogP contribution in [-0.4, -0.2) is 9.55 Å². The fourth-order valence-corrected chi connectivity index (χ4v) is 2.18. The zero-order valence-corrected chi connectivity index (χ0v) is 10.7. The molecule has 2 aromatic heterocycles. The Bertz CT molecular complexity index is 699. The van der Waals surface area contributed by atoms with Crippen LogP contribution in [0, 0.1) is 0 Å². The van der Waals surface area contributed by atoms with E-state index < -0.39 is 0 Å². The molecule has 4 nitrogen and oxygen atoms in total. The number of anilines is 1. The van der Waals surface area contributed by atoms with E-state index in [1.165, 1.54) is 0 Å². The van der Waals surface area contributed by atoms with E-state index in [2.05, 4.69) is 20.9 Å². The van der Waals surface area contributed by atoms with Crippen molar-refractivity contribution in [2.75, 3.05) is 5.73 Å². The molecule has 0 amide bonds. The summed E-state index contributed by atoms with van der Waals surface area (Å²) < 4.78 is 8.19. The molecular formula is C12H10BrN3O. The third kappa shape index (κ3) is 1.63. The Labute approximate surface area is 106 Å². The van der Waals surface area contributed by atoms with Gasteiger partial charge in [0.15, 0.2) is 16.3 Å². The van der Waals surface area contributed by atoms with Gasteiger partial charge >= 0.3 is 0 Å². The lowest BCUT2D eigenvalue weighted by molar-refractivity contribution is 0.549. The molecule has 0 spiro atoms. The van der Waals surface area contributed by atoms with Gasteiger partial charge in [0, 0.05) is 12.7 Å². The molecule has 3 rings (SSSR count). The number of aromatic nitrogens is 2.